The highest BCUT2D eigenvalue weighted by molar-refractivity contribution is 7.09. The van der Waals surface area contributed by atoms with E-state index in [1.165, 1.54) is 31.4 Å². The second kappa shape index (κ2) is 14.8. The lowest BCUT2D eigenvalue weighted by atomic mass is 10.1. The van der Waals surface area contributed by atoms with Crippen LogP contribution in [-0.4, -0.2) is 34.2 Å². The van der Waals surface area contributed by atoms with Crippen molar-refractivity contribution in [2.45, 2.75) is 91.3 Å². The number of halogens is 1. The normalized spacial score (nSPS) is 11.9. The molecule has 0 bridgehead atoms. The van der Waals surface area contributed by atoms with E-state index < -0.39 is 0 Å². The molecule has 0 aliphatic heterocycles. The van der Waals surface area contributed by atoms with Gasteiger partial charge in [-0.3, -0.25) is 9.59 Å². The average molecular weight is 475 g/mol. The molecule has 0 aliphatic carbocycles. The Balaban J connectivity index is 2.04. The van der Waals surface area contributed by atoms with Crippen molar-refractivity contribution in [1.82, 2.24) is 9.80 Å². The number of carbonyl (C=O) groups is 2. The zero-order valence-corrected chi connectivity index (χ0v) is 21.2. The van der Waals surface area contributed by atoms with Gasteiger partial charge in [-0.15, -0.1) is 11.3 Å². The second-order valence-electron chi connectivity index (χ2n) is 8.75. The molecule has 0 spiro atoms. The highest BCUT2D eigenvalue weighted by Crippen LogP contribution is 2.17. The van der Waals surface area contributed by atoms with Gasteiger partial charge in [0.25, 0.3) is 0 Å². The Hall–Kier alpha value is -2.21. The Morgan fingerprint density at radius 2 is 1.64 bits per heavy atom. The maximum atomic E-state index is 13.4. The van der Waals surface area contributed by atoms with Gasteiger partial charge in [0.15, 0.2) is 0 Å². The van der Waals surface area contributed by atoms with E-state index in [0.717, 1.165) is 36.1 Å². The molecule has 2 aromatic rings. The maximum Gasteiger partial charge on any atom is 0.242 e. The smallest absolute Gasteiger partial charge is 0.242 e. The summed E-state index contributed by atoms with van der Waals surface area (Å²) in [6.45, 7) is 7.20. The van der Waals surface area contributed by atoms with Gasteiger partial charge in [-0.1, -0.05) is 64.2 Å². The number of benzene rings is 1. The molecule has 0 fully saturated rings. The van der Waals surface area contributed by atoms with Crippen molar-refractivity contribution in [3.05, 3.63) is 58.0 Å². The Morgan fingerprint density at radius 1 is 0.939 bits per heavy atom. The Kier molecular flexibility index (Phi) is 12.2. The first kappa shape index (κ1) is 27.0. The molecular weight excluding hydrogens is 435 g/mol. The molecule has 182 valence electrons. The Morgan fingerprint density at radius 3 is 2.27 bits per heavy atom. The predicted octanol–water partition coefficient (Wildman–Crippen LogP) is 6.79. The van der Waals surface area contributed by atoms with Crippen LogP contribution in [0.1, 0.15) is 82.6 Å². The van der Waals surface area contributed by atoms with Crippen molar-refractivity contribution >= 4 is 23.2 Å². The van der Waals surface area contributed by atoms with Crippen molar-refractivity contribution in [3.8, 4) is 0 Å². The molecular formula is C27H39FN2O2S. The molecule has 2 rings (SSSR count). The molecule has 0 N–H and O–H groups in total. The Bertz CT molecular complexity index is 823. The summed E-state index contributed by atoms with van der Waals surface area (Å²) in [6.07, 6.45) is 8.07. The molecule has 0 radical (unpaired) electrons. The van der Waals surface area contributed by atoms with Crippen LogP contribution in [0.15, 0.2) is 41.8 Å². The molecule has 1 aromatic carbocycles. The number of nitrogens with zero attached hydrogens (tertiary/aromatic N) is 2. The quantitative estimate of drug-likeness (QED) is 0.267. The third kappa shape index (κ3) is 9.66. The first-order valence-corrected chi connectivity index (χ1v) is 13.2. The molecule has 4 nitrogen and oxygen atoms in total. The fourth-order valence-corrected chi connectivity index (χ4v) is 4.51. The molecule has 0 saturated heterocycles. The van der Waals surface area contributed by atoms with Crippen molar-refractivity contribution in [2.24, 2.45) is 0 Å². The summed E-state index contributed by atoms with van der Waals surface area (Å²) in [7, 11) is 0. The zero-order valence-electron chi connectivity index (χ0n) is 20.4. The van der Waals surface area contributed by atoms with Crippen molar-refractivity contribution < 1.29 is 14.0 Å². The van der Waals surface area contributed by atoms with E-state index in [1.54, 1.807) is 33.3 Å². The van der Waals surface area contributed by atoms with Crippen LogP contribution in [0.25, 0.3) is 0 Å². The SMILES string of the molecule is CCCCCCCCC(=O)N(CC(=O)N(Cc1ccc(F)cc1)Cc1cccs1)C(C)CC. The van der Waals surface area contributed by atoms with E-state index in [1.807, 2.05) is 31.4 Å². The maximum absolute atomic E-state index is 13.4. The number of amides is 2. The fourth-order valence-electron chi connectivity index (χ4n) is 3.79. The third-order valence-corrected chi connectivity index (χ3v) is 6.92. The summed E-state index contributed by atoms with van der Waals surface area (Å²) < 4.78 is 13.3. The predicted molar refractivity (Wildman–Crippen MR) is 134 cm³/mol. The van der Waals surface area contributed by atoms with Gasteiger partial charge in [0, 0.05) is 23.9 Å². The number of hydrogen-bond acceptors (Lipinski definition) is 3. The lowest BCUT2D eigenvalue weighted by molar-refractivity contribution is -0.143. The summed E-state index contributed by atoms with van der Waals surface area (Å²) >= 11 is 1.60. The van der Waals surface area contributed by atoms with Crippen molar-refractivity contribution in [3.63, 3.8) is 0 Å². The van der Waals surface area contributed by atoms with Crippen LogP contribution in [0.4, 0.5) is 4.39 Å². The standard InChI is InChI=1S/C27H39FN2O2S/c1-4-6-7-8-9-10-13-26(31)30(22(3)5-2)21-27(32)29(20-25-12-11-18-33-25)19-23-14-16-24(28)17-15-23/h11-12,14-18,22H,4-10,13,19-21H2,1-3H3. The number of hydrogen-bond donors (Lipinski definition) is 0. The van der Waals surface area contributed by atoms with E-state index in [2.05, 4.69) is 6.92 Å². The molecule has 33 heavy (non-hydrogen) atoms. The van der Waals surface area contributed by atoms with E-state index in [9.17, 15) is 14.0 Å². The third-order valence-electron chi connectivity index (χ3n) is 6.06. The van der Waals surface area contributed by atoms with Crippen LogP contribution in [0.5, 0.6) is 0 Å². The highest BCUT2D eigenvalue weighted by Gasteiger charge is 2.25. The summed E-state index contributed by atoms with van der Waals surface area (Å²) in [5, 5.41) is 1.99. The van der Waals surface area contributed by atoms with Crippen LogP contribution in [-0.2, 0) is 22.7 Å². The van der Waals surface area contributed by atoms with Crippen molar-refractivity contribution in [1.29, 1.82) is 0 Å². The van der Waals surface area contributed by atoms with Gasteiger partial charge in [0.2, 0.25) is 11.8 Å². The summed E-state index contributed by atoms with van der Waals surface area (Å²) in [5.74, 6) is -0.312. The topological polar surface area (TPSA) is 40.6 Å². The number of carbonyl (C=O) groups excluding carboxylic acids is 2. The molecule has 2 amide bonds. The van der Waals surface area contributed by atoms with Gasteiger partial charge in [0.1, 0.15) is 12.4 Å². The number of thiophene rings is 1. The van der Waals surface area contributed by atoms with Gasteiger partial charge in [-0.05, 0) is 48.9 Å². The Labute approximate surface area is 202 Å². The lowest BCUT2D eigenvalue weighted by Gasteiger charge is -2.31. The van der Waals surface area contributed by atoms with Gasteiger partial charge in [-0.2, -0.15) is 0 Å². The van der Waals surface area contributed by atoms with Gasteiger partial charge < -0.3 is 9.80 Å². The highest BCUT2D eigenvalue weighted by atomic mass is 32.1. The number of unbranched alkanes of at least 4 members (excludes halogenated alkanes) is 5. The van der Waals surface area contributed by atoms with E-state index in [-0.39, 0.29) is 30.2 Å². The lowest BCUT2D eigenvalue weighted by Crippen LogP contribution is -2.46. The minimum atomic E-state index is -0.293. The molecule has 6 heteroatoms. The molecule has 0 saturated carbocycles. The summed E-state index contributed by atoms with van der Waals surface area (Å²) in [6, 6.07) is 10.2. The largest absolute Gasteiger partial charge is 0.332 e. The molecule has 1 unspecified atom stereocenters. The zero-order chi connectivity index (χ0) is 24.1. The summed E-state index contributed by atoms with van der Waals surface area (Å²) in [4.78, 5) is 31.0. The first-order valence-electron chi connectivity index (χ1n) is 12.3. The monoisotopic (exact) mass is 474 g/mol. The molecule has 0 aliphatic rings. The second-order valence-corrected chi connectivity index (χ2v) is 9.78. The van der Waals surface area contributed by atoms with Crippen LogP contribution in [0.2, 0.25) is 0 Å². The van der Waals surface area contributed by atoms with Crippen molar-refractivity contribution in [2.75, 3.05) is 6.54 Å². The molecule has 1 atom stereocenters. The van der Waals surface area contributed by atoms with Crippen LogP contribution >= 0.6 is 11.3 Å². The van der Waals surface area contributed by atoms with Crippen LogP contribution in [0.3, 0.4) is 0 Å². The molecule has 1 aromatic heterocycles. The minimum Gasteiger partial charge on any atom is -0.332 e. The van der Waals surface area contributed by atoms with E-state index >= 15 is 0 Å². The molecule has 1 heterocycles. The fraction of sp³-hybridized carbons (Fsp3) is 0.556. The van der Waals surface area contributed by atoms with Gasteiger partial charge in [-0.25, -0.2) is 4.39 Å². The van der Waals surface area contributed by atoms with E-state index in [0.29, 0.717) is 19.5 Å². The number of rotatable bonds is 15. The summed E-state index contributed by atoms with van der Waals surface area (Å²) in [5.41, 5.74) is 0.870. The van der Waals surface area contributed by atoms with E-state index in [4.69, 9.17) is 0 Å². The minimum absolute atomic E-state index is 0.0101. The van der Waals surface area contributed by atoms with Gasteiger partial charge in [0.05, 0.1) is 6.54 Å². The average Bonchev–Trinajstić information content (AvgIpc) is 3.33. The first-order chi connectivity index (χ1) is 15.9. The van der Waals surface area contributed by atoms with Crippen LogP contribution < -0.4 is 0 Å². The van der Waals surface area contributed by atoms with Crippen LogP contribution in [0, 0.1) is 5.82 Å². The van der Waals surface area contributed by atoms with Gasteiger partial charge >= 0.3 is 0 Å².